The predicted molar refractivity (Wildman–Crippen MR) is 99.4 cm³/mol. The van der Waals surface area contributed by atoms with Gasteiger partial charge in [-0.1, -0.05) is 60.7 Å². The molecule has 0 saturated carbocycles. The van der Waals surface area contributed by atoms with E-state index in [1.54, 1.807) is 0 Å². The van der Waals surface area contributed by atoms with Crippen LogP contribution in [0.4, 0.5) is 0 Å². The zero-order valence-corrected chi connectivity index (χ0v) is 13.9. The smallest absolute Gasteiger partial charge is 0.136 e. The van der Waals surface area contributed by atoms with Gasteiger partial charge in [0, 0.05) is 6.54 Å². The molecule has 1 heterocycles. The standard InChI is InChI=1S/C22H23NO/c1-2-9-19(10-3-1)22(17-23-14-6-7-15-23)24-21-13-12-18-8-4-5-11-20(18)16-21/h1-5,8-13,16,22H,6-7,14-15,17H2/t22-/m1/s1. The van der Waals surface area contributed by atoms with E-state index in [9.17, 15) is 0 Å². The van der Waals surface area contributed by atoms with Crippen molar-refractivity contribution in [2.45, 2.75) is 18.9 Å². The summed E-state index contributed by atoms with van der Waals surface area (Å²) in [5.41, 5.74) is 1.25. The maximum atomic E-state index is 6.43. The summed E-state index contributed by atoms with van der Waals surface area (Å²) >= 11 is 0. The number of nitrogens with zero attached hydrogens (tertiary/aromatic N) is 1. The first-order valence-electron chi connectivity index (χ1n) is 8.81. The molecule has 2 nitrogen and oxygen atoms in total. The fourth-order valence-electron chi connectivity index (χ4n) is 3.48. The van der Waals surface area contributed by atoms with Crippen molar-refractivity contribution in [3.8, 4) is 5.75 Å². The monoisotopic (exact) mass is 317 g/mol. The van der Waals surface area contributed by atoms with Crippen LogP contribution in [0.25, 0.3) is 10.8 Å². The van der Waals surface area contributed by atoms with Gasteiger partial charge in [-0.25, -0.2) is 0 Å². The maximum absolute atomic E-state index is 6.43. The summed E-state index contributed by atoms with van der Waals surface area (Å²) in [6.07, 6.45) is 2.68. The van der Waals surface area contributed by atoms with Gasteiger partial charge in [0.2, 0.25) is 0 Å². The number of hydrogen-bond donors (Lipinski definition) is 0. The van der Waals surface area contributed by atoms with Crippen LogP contribution in [-0.2, 0) is 0 Å². The molecule has 1 fully saturated rings. The lowest BCUT2D eigenvalue weighted by molar-refractivity contribution is 0.148. The molecular formula is C22H23NO. The first kappa shape index (κ1) is 15.2. The average molecular weight is 317 g/mol. The van der Waals surface area contributed by atoms with Crippen LogP contribution < -0.4 is 4.74 Å². The summed E-state index contributed by atoms with van der Waals surface area (Å²) in [5, 5.41) is 2.48. The highest BCUT2D eigenvalue weighted by Crippen LogP contribution is 2.27. The van der Waals surface area contributed by atoms with E-state index in [1.165, 1.54) is 42.3 Å². The van der Waals surface area contributed by atoms with Gasteiger partial charge < -0.3 is 4.74 Å². The minimum Gasteiger partial charge on any atom is -0.484 e. The third-order valence-corrected chi connectivity index (χ3v) is 4.79. The van der Waals surface area contributed by atoms with Crippen LogP contribution in [0.2, 0.25) is 0 Å². The molecule has 0 aliphatic carbocycles. The predicted octanol–water partition coefficient (Wildman–Crippen LogP) is 5.06. The van der Waals surface area contributed by atoms with Crippen molar-refractivity contribution in [1.82, 2.24) is 4.90 Å². The van der Waals surface area contributed by atoms with Crippen LogP contribution in [0.1, 0.15) is 24.5 Å². The van der Waals surface area contributed by atoms with E-state index in [-0.39, 0.29) is 6.10 Å². The third kappa shape index (κ3) is 3.44. The Labute approximate surface area is 143 Å². The van der Waals surface area contributed by atoms with Crippen LogP contribution in [0, 0.1) is 0 Å². The Hall–Kier alpha value is -2.32. The van der Waals surface area contributed by atoms with Crippen LogP contribution in [0.5, 0.6) is 5.75 Å². The van der Waals surface area contributed by atoms with Crippen LogP contribution in [-0.4, -0.2) is 24.5 Å². The van der Waals surface area contributed by atoms with Gasteiger partial charge in [-0.15, -0.1) is 0 Å². The van der Waals surface area contributed by atoms with Gasteiger partial charge in [0.25, 0.3) is 0 Å². The SMILES string of the molecule is c1ccc([C@@H](CN2CCCC2)Oc2ccc3ccccc3c2)cc1. The zero-order valence-electron chi connectivity index (χ0n) is 13.9. The molecule has 0 unspecified atom stereocenters. The Morgan fingerprint density at radius 2 is 1.50 bits per heavy atom. The Morgan fingerprint density at radius 3 is 2.29 bits per heavy atom. The number of benzene rings is 3. The molecule has 0 spiro atoms. The molecule has 1 aliphatic rings. The molecular weight excluding hydrogens is 294 g/mol. The van der Waals surface area contributed by atoms with Gasteiger partial charge in [-0.05, 0) is 54.4 Å². The number of rotatable bonds is 5. The lowest BCUT2D eigenvalue weighted by Crippen LogP contribution is -2.28. The molecule has 0 amide bonds. The number of ether oxygens (including phenoxy) is 1. The Kier molecular flexibility index (Phi) is 4.48. The number of fused-ring (bicyclic) bond motifs is 1. The molecule has 1 atom stereocenters. The lowest BCUT2D eigenvalue weighted by atomic mass is 10.1. The Morgan fingerprint density at radius 1 is 0.792 bits per heavy atom. The molecule has 0 radical (unpaired) electrons. The highest BCUT2D eigenvalue weighted by Gasteiger charge is 2.20. The molecule has 0 N–H and O–H groups in total. The second-order valence-corrected chi connectivity index (χ2v) is 6.53. The normalized spacial score (nSPS) is 16.3. The van der Waals surface area contributed by atoms with Gasteiger partial charge in [0.05, 0.1) is 0 Å². The Bertz CT molecular complexity index is 793. The summed E-state index contributed by atoms with van der Waals surface area (Å²) < 4.78 is 6.43. The molecule has 3 aromatic carbocycles. The van der Waals surface area contributed by atoms with E-state index in [0.717, 1.165) is 12.3 Å². The van der Waals surface area contributed by atoms with Gasteiger partial charge in [0.15, 0.2) is 0 Å². The molecule has 122 valence electrons. The molecule has 4 rings (SSSR count). The summed E-state index contributed by atoms with van der Waals surface area (Å²) in [6.45, 7) is 3.33. The van der Waals surface area contributed by atoms with Crippen LogP contribution >= 0.6 is 0 Å². The summed E-state index contributed by atoms with van der Waals surface area (Å²) in [5.74, 6) is 0.946. The van der Waals surface area contributed by atoms with E-state index in [4.69, 9.17) is 4.74 Å². The quantitative estimate of drug-likeness (QED) is 0.652. The topological polar surface area (TPSA) is 12.5 Å². The molecule has 0 aromatic heterocycles. The first-order valence-corrected chi connectivity index (χ1v) is 8.81. The average Bonchev–Trinajstić information content (AvgIpc) is 3.15. The van der Waals surface area contributed by atoms with Crippen molar-refractivity contribution in [3.05, 3.63) is 78.4 Å². The lowest BCUT2D eigenvalue weighted by Gasteiger charge is -2.25. The van der Waals surface area contributed by atoms with Crippen LogP contribution in [0.15, 0.2) is 72.8 Å². The largest absolute Gasteiger partial charge is 0.484 e. The minimum atomic E-state index is 0.0745. The van der Waals surface area contributed by atoms with Crippen molar-refractivity contribution in [2.24, 2.45) is 0 Å². The molecule has 3 aromatic rings. The second-order valence-electron chi connectivity index (χ2n) is 6.53. The van der Waals surface area contributed by atoms with Gasteiger partial charge in [-0.2, -0.15) is 0 Å². The van der Waals surface area contributed by atoms with E-state index >= 15 is 0 Å². The van der Waals surface area contributed by atoms with Gasteiger partial charge in [0.1, 0.15) is 11.9 Å². The molecule has 0 bridgehead atoms. The zero-order chi connectivity index (χ0) is 16.2. The minimum absolute atomic E-state index is 0.0745. The molecule has 2 heteroatoms. The summed E-state index contributed by atoms with van der Waals surface area (Å²) in [6, 6.07) is 25.4. The number of likely N-dealkylation sites (tertiary alicyclic amines) is 1. The first-order chi connectivity index (χ1) is 11.9. The van der Waals surface area contributed by atoms with Crippen molar-refractivity contribution >= 4 is 10.8 Å². The van der Waals surface area contributed by atoms with Crippen LogP contribution in [0.3, 0.4) is 0 Å². The van der Waals surface area contributed by atoms with E-state index in [1.807, 2.05) is 0 Å². The molecule has 24 heavy (non-hydrogen) atoms. The van der Waals surface area contributed by atoms with E-state index < -0.39 is 0 Å². The fraction of sp³-hybridized carbons (Fsp3) is 0.273. The van der Waals surface area contributed by atoms with Gasteiger partial charge in [-0.3, -0.25) is 4.90 Å². The van der Waals surface area contributed by atoms with E-state index in [0.29, 0.717) is 0 Å². The Balaban J connectivity index is 1.59. The summed E-state index contributed by atoms with van der Waals surface area (Å²) in [7, 11) is 0. The second kappa shape index (κ2) is 7.06. The van der Waals surface area contributed by atoms with E-state index in [2.05, 4.69) is 77.7 Å². The van der Waals surface area contributed by atoms with Crippen molar-refractivity contribution in [2.75, 3.05) is 19.6 Å². The molecule has 1 saturated heterocycles. The fourth-order valence-corrected chi connectivity index (χ4v) is 3.48. The third-order valence-electron chi connectivity index (χ3n) is 4.79. The highest BCUT2D eigenvalue weighted by atomic mass is 16.5. The van der Waals surface area contributed by atoms with Crippen molar-refractivity contribution < 1.29 is 4.74 Å². The highest BCUT2D eigenvalue weighted by molar-refractivity contribution is 5.83. The number of hydrogen-bond acceptors (Lipinski definition) is 2. The maximum Gasteiger partial charge on any atom is 0.136 e. The van der Waals surface area contributed by atoms with Crippen molar-refractivity contribution in [1.29, 1.82) is 0 Å². The molecule has 1 aliphatic heterocycles. The summed E-state index contributed by atoms with van der Waals surface area (Å²) in [4.78, 5) is 2.51. The van der Waals surface area contributed by atoms with Crippen molar-refractivity contribution in [3.63, 3.8) is 0 Å². The van der Waals surface area contributed by atoms with Gasteiger partial charge >= 0.3 is 0 Å².